The molecule has 0 saturated carbocycles. The molecule has 0 aromatic heterocycles. The van der Waals surface area contributed by atoms with Crippen LogP contribution < -0.4 is 4.74 Å². The van der Waals surface area contributed by atoms with Gasteiger partial charge in [0, 0.05) is 5.56 Å². The summed E-state index contributed by atoms with van der Waals surface area (Å²) in [5, 5.41) is 10.2. The maximum atomic E-state index is 10.2. The van der Waals surface area contributed by atoms with E-state index < -0.39 is 6.10 Å². The molecule has 102 valence electrons. The fraction of sp³-hybridized carbons (Fsp3) is 0.625. The van der Waals surface area contributed by atoms with Crippen LogP contribution >= 0.6 is 0 Å². The van der Waals surface area contributed by atoms with E-state index >= 15 is 0 Å². The number of hydrogen-bond donors (Lipinski definition) is 1. The van der Waals surface area contributed by atoms with Gasteiger partial charge in [-0.2, -0.15) is 0 Å². The molecule has 0 aliphatic carbocycles. The first-order chi connectivity index (χ1) is 8.69. The third-order valence-electron chi connectivity index (χ3n) is 3.33. The summed E-state index contributed by atoms with van der Waals surface area (Å²) in [5.74, 6) is 0.802. The summed E-state index contributed by atoms with van der Waals surface area (Å²) in [6.45, 7) is 4.25. The van der Waals surface area contributed by atoms with E-state index in [1.54, 1.807) is 7.11 Å². The Morgan fingerprint density at radius 1 is 1.17 bits per heavy atom. The fourth-order valence-electron chi connectivity index (χ4n) is 2.19. The number of unbranched alkanes of at least 4 members (excludes halogenated alkanes) is 4. The third kappa shape index (κ3) is 4.69. The van der Waals surface area contributed by atoms with Gasteiger partial charge in [-0.25, -0.2) is 0 Å². The monoisotopic (exact) mass is 250 g/mol. The molecule has 2 nitrogen and oxygen atoms in total. The molecule has 0 aliphatic heterocycles. The molecule has 0 aliphatic rings. The van der Waals surface area contributed by atoms with Gasteiger partial charge in [0.05, 0.1) is 13.2 Å². The minimum atomic E-state index is -0.401. The van der Waals surface area contributed by atoms with Crippen LogP contribution in [0.25, 0.3) is 0 Å². The van der Waals surface area contributed by atoms with Crippen LogP contribution in [0, 0.1) is 6.92 Å². The largest absolute Gasteiger partial charge is 0.496 e. The Morgan fingerprint density at radius 2 is 1.89 bits per heavy atom. The molecule has 0 amide bonds. The average Bonchev–Trinajstić information content (AvgIpc) is 2.38. The highest BCUT2D eigenvalue weighted by molar-refractivity contribution is 5.38. The molecule has 1 atom stereocenters. The number of aliphatic hydroxyl groups excluding tert-OH is 1. The van der Waals surface area contributed by atoms with Gasteiger partial charge in [0.15, 0.2) is 0 Å². The quantitative estimate of drug-likeness (QED) is 0.693. The van der Waals surface area contributed by atoms with E-state index in [0.29, 0.717) is 0 Å². The minimum Gasteiger partial charge on any atom is -0.496 e. The van der Waals surface area contributed by atoms with Crippen molar-refractivity contribution in [1.29, 1.82) is 0 Å². The van der Waals surface area contributed by atoms with Crippen LogP contribution in [0.3, 0.4) is 0 Å². The molecular weight excluding hydrogens is 224 g/mol. The molecule has 0 radical (unpaired) electrons. The molecule has 0 saturated heterocycles. The Hall–Kier alpha value is -1.02. The van der Waals surface area contributed by atoms with Gasteiger partial charge in [-0.15, -0.1) is 0 Å². The summed E-state index contributed by atoms with van der Waals surface area (Å²) in [6.07, 6.45) is 6.54. The summed E-state index contributed by atoms with van der Waals surface area (Å²) in [4.78, 5) is 0. The Labute approximate surface area is 111 Å². The summed E-state index contributed by atoms with van der Waals surface area (Å²) in [7, 11) is 1.66. The van der Waals surface area contributed by atoms with Crippen molar-refractivity contribution in [2.75, 3.05) is 7.11 Å². The number of aliphatic hydroxyl groups is 1. The van der Waals surface area contributed by atoms with Crippen LogP contribution in [0.5, 0.6) is 5.75 Å². The van der Waals surface area contributed by atoms with Crippen molar-refractivity contribution < 1.29 is 9.84 Å². The zero-order valence-electron chi connectivity index (χ0n) is 11.9. The average molecular weight is 250 g/mol. The second-order valence-electron chi connectivity index (χ2n) is 4.96. The van der Waals surface area contributed by atoms with Gasteiger partial charge >= 0.3 is 0 Å². The fourth-order valence-corrected chi connectivity index (χ4v) is 2.19. The van der Waals surface area contributed by atoms with Crippen LogP contribution in [-0.2, 0) is 0 Å². The van der Waals surface area contributed by atoms with Gasteiger partial charge in [0.1, 0.15) is 5.75 Å². The molecule has 2 heteroatoms. The highest BCUT2D eigenvalue weighted by Crippen LogP contribution is 2.29. The van der Waals surface area contributed by atoms with Crippen molar-refractivity contribution in [3.05, 3.63) is 29.3 Å². The summed E-state index contributed by atoms with van der Waals surface area (Å²) < 4.78 is 5.33. The van der Waals surface area contributed by atoms with Crippen molar-refractivity contribution in [3.8, 4) is 5.75 Å². The van der Waals surface area contributed by atoms with Crippen molar-refractivity contribution in [3.63, 3.8) is 0 Å². The molecule has 18 heavy (non-hydrogen) atoms. The van der Waals surface area contributed by atoms with Crippen molar-refractivity contribution >= 4 is 0 Å². The van der Waals surface area contributed by atoms with Gasteiger partial charge in [-0.3, -0.25) is 0 Å². The van der Waals surface area contributed by atoms with Gasteiger partial charge in [-0.1, -0.05) is 51.2 Å². The first-order valence-corrected chi connectivity index (χ1v) is 7.01. The lowest BCUT2D eigenvalue weighted by Gasteiger charge is -2.15. The van der Waals surface area contributed by atoms with Crippen LogP contribution in [0.4, 0.5) is 0 Å². The predicted octanol–water partition coefficient (Wildman–Crippen LogP) is 4.40. The van der Waals surface area contributed by atoms with E-state index in [9.17, 15) is 5.11 Å². The number of hydrogen-bond acceptors (Lipinski definition) is 2. The first kappa shape index (κ1) is 15.0. The number of benzene rings is 1. The second kappa shape index (κ2) is 8.15. The van der Waals surface area contributed by atoms with Gasteiger partial charge < -0.3 is 9.84 Å². The number of rotatable bonds is 8. The number of ether oxygens (including phenoxy) is 1. The molecule has 0 heterocycles. The number of aryl methyl sites for hydroxylation is 1. The standard InChI is InChI=1S/C16H26O2/c1-4-5-6-7-8-9-15(17)14-11-10-13(2)12-16(14)18-3/h10-12,15,17H,4-9H2,1-3H3. The predicted molar refractivity (Wildman–Crippen MR) is 76.1 cm³/mol. The molecule has 1 aromatic carbocycles. The van der Waals surface area contributed by atoms with E-state index in [4.69, 9.17) is 4.74 Å². The lowest BCUT2D eigenvalue weighted by Crippen LogP contribution is -2.01. The Kier molecular flexibility index (Phi) is 6.81. The van der Waals surface area contributed by atoms with E-state index in [0.717, 1.165) is 29.7 Å². The maximum absolute atomic E-state index is 10.2. The van der Waals surface area contributed by atoms with Crippen molar-refractivity contribution in [1.82, 2.24) is 0 Å². The van der Waals surface area contributed by atoms with E-state index in [2.05, 4.69) is 6.92 Å². The third-order valence-corrected chi connectivity index (χ3v) is 3.33. The van der Waals surface area contributed by atoms with Gasteiger partial charge in [0.2, 0.25) is 0 Å². The molecule has 0 fully saturated rings. The highest BCUT2D eigenvalue weighted by atomic mass is 16.5. The minimum absolute atomic E-state index is 0.401. The smallest absolute Gasteiger partial charge is 0.124 e. The molecule has 1 N–H and O–H groups in total. The van der Waals surface area contributed by atoms with Crippen molar-refractivity contribution in [2.24, 2.45) is 0 Å². The van der Waals surface area contributed by atoms with Crippen LogP contribution in [0.1, 0.15) is 62.7 Å². The van der Waals surface area contributed by atoms with E-state index in [1.165, 1.54) is 25.7 Å². The number of methoxy groups -OCH3 is 1. The zero-order chi connectivity index (χ0) is 13.4. The summed E-state index contributed by atoms with van der Waals surface area (Å²) in [5.41, 5.74) is 2.07. The Bertz CT molecular complexity index is 347. The van der Waals surface area contributed by atoms with E-state index in [1.807, 2.05) is 25.1 Å². The highest BCUT2D eigenvalue weighted by Gasteiger charge is 2.12. The SMILES string of the molecule is CCCCCCCC(O)c1ccc(C)cc1OC. The van der Waals surface area contributed by atoms with Crippen LogP contribution in [-0.4, -0.2) is 12.2 Å². The van der Waals surface area contributed by atoms with Gasteiger partial charge in [-0.05, 0) is 25.0 Å². The lowest BCUT2D eigenvalue weighted by atomic mass is 10.0. The molecule has 1 aromatic rings. The zero-order valence-corrected chi connectivity index (χ0v) is 11.9. The molecule has 0 spiro atoms. The summed E-state index contributed by atoms with van der Waals surface area (Å²) in [6, 6.07) is 5.98. The molecule has 0 bridgehead atoms. The molecule has 1 unspecified atom stereocenters. The van der Waals surface area contributed by atoms with Crippen molar-refractivity contribution in [2.45, 2.75) is 58.5 Å². The topological polar surface area (TPSA) is 29.5 Å². The van der Waals surface area contributed by atoms with E-state index in [-0.39, 0.29) is 0 Å². The van der Waals surface area contributed by atoms with Crippen LogP contribution in [0.15, 0.2) is 18.2 Å². The summed E-state index contributed by atoms with van der Waals surface area (Å²) >= 11 is 0. The van der Waals surface area contributed by atoms with Gasteiger partial charge in [0.25, 0.3) is 0 Å². The van der Waals surface area contributed by atoms with Crippen LogP contribution in [0.2, 0.25) is 0 Å². The molecular formula is C16H26O2. The lowest BCUT2D eigenvalue weighted by molar-refractivity contribution is 0.159. The second-order valence-corrected chi connectivity index (χ2v) is 4.96. The maximum Gasteiger partial charge on any atom is 0.124 e. The Morgan fingerprint density at radius 3 is 2.56 bits per heavy atom. The normalized spacial score (nSPS) is 12.4. The first-order valence-electron chi connectivity index (χ1n) is 7.01. The molecule has 1 rings (SSSR count). The Balaban J connectivity index is 2.48.